The third-order valence-electron chi connectivity index (χ3n) is 6.11. The van der Waals surface area contributed by atoms with Crippen LogP contribution in [0.25, 0.3) is 0 Å². The van der Waals surface area contributed by atoms with Gasteiger partial charge in [-0.3, -0.25) is 9.59 Å². The molecule has 0 saturated carbocycles. The Morgan fingerprint density at radius 3 is 2.52 bits per heavy atom. The monoisotopic (exact) mass is 433 g/mol. The van der Waals surface area contributed by atoms with Gasteiger partial charge < -0.3 is 9.47 Å². The second kappa shape index (κ2) is 7.26. The number of aliphatic imine (C=N–C) groups is 1. The van der Waals surface area contributed by atoms with E-state index in [9.17, 15) is 9.59 Å². The lowest BCUT2D eigenvalue weighted by molar-refractivity contribution is -0.350. The summed E-state index contributed by atoms with van der Waals surface area (Å²) in [6, 6.07) is 17.2. The minimum atomic E-state index is -0.888. The highest BCUT2D eigenvalue weighted by atomic mass is 32.2. The summed E-state index contributed by atoms with van der Waals surface area (Å²) < 4.78 is 12.7. The zero-order valence-corrected chi connectivity index (χ0v) is 18.4. The van der Waals surface area contributed by atoms with Gasteiger partial charge in [0.25, 0.3) is 0 Å². The molecular weight excluding hydrogens is 410 g/mol. The summed E-state index contributed by atoms with van der Waals surface area (Å²) in [5, 5.41) is 0.562. The van der Waals surface area contributed by atoms with Crippen LogP contribution >= 0.6 is 11.8 Å². The predicted molar refractivity (Wildman–Crippen MR) is 120 cm³/mol. The van der Waals surface area contributed by atoms with Crippen molar-refractivity contribution in [2.45, 2.75) is 44.7 Å². The molecule has 158 valence electrons. The van der Waals surface area contributed by atoms with Gasteiger partial charge in [-0.1, -0.05) is 54.6 Å². The van der Waals surface area contributed by atoms with Crippen LogP contribution in [0.5, 0.6) is 0 Å². The van der Waals surface area contributed by atoms with Crippen molar-refractivity contribution in [2.75, 3.05) is 0 Å². The van der Waals surface area contributed by atoms with Crippen molar-refractivity contribution in [2.24, 2.45) is 10.9 Å². The second-order valence-corrected chi connectivity index (χ2v) is 9.66. The molecule has 0 aromatic heterocycles. The molecule has 0 spiro atoms. The molecular formula is C25H23NO4S. The Balaban J connectivity index is 1.56. The molecule has 3 atom stereocenters. The molecule has 2 heterocycles. The summed E-state index contributed by atoms with van der Waals surface area (Å²) in [5.41, 5.74) is 2.12. The van der Waals surface area contributed by atoms with Gasteiger partial charge in [0.2, 0.25) is 5.12 Å². The third-order valence-corrected chi connectivity index (χ3v) is 7.03. The van der Waals surface area contributed by atoms with Crippen LogP contribution in [-0.2, 0) is 19.9 Å². The van der Waals surface area contributed by atoms with Crippen molar-refractivity contribution in [1.29, 1.82) is 0 Å². The van der Waals surface area contributed by atoms with E-state index < -0.39 is 17.5 Å². The Kier molecular flexibility index (Phi) is 4.77. The fraction of sp³-hybridized carbons (Fsp3) is 0.320. The molecule has 0 N–H and O–H groups in total. The fourth-order valence-electron chi connectivity index (χ4n) is 4.80. The maximum atomic E-state index is 12.9. The zero-order valence-electron chi connectivity index (χ0n) is 17.6. The third kappa shape index (κ3) is 3.49. The van der Waals surface area contributed by atoms with E-state index in [-0.39, 0.29) is 23.2 Å². The first-order chi connectivity index (χ1) is 14.8. The van der Waals surface area contributed by atoms with Crippen molar-refractivity contribution >= 4 is 27.7 Å². The van der Waals surface area contributed by atoms with Crippen LogP contribution in [-0.4, -0.2) is 27.8 Å². The molecule has 6 heteroatoms. The number of fused-ring (bicyclic) bond motifs is 3. The molecule has 3 aliphatic rings. The van der Waals surface area contributed by atoms with Gasteiger partial charge in [-0.25, -0.2) is 4.99 Å². The summed E-state index contributed by atoms with van der Waals surface area (Å²) in [4.78, 5) is 30.2. The number of hydrogen-bond donors (Lipinski definition) is 0. The lowest BCUT2D eigenvalue weighted by Gasteiger charge is -2.53. The van der Waals surface area contributed by atoms with Crippen LogP contribution in [0.1, 0.15) is 48.7 Å². The number of Topliss-reactive ketones (excluding diaryl/α,β-unsaturated/α-hetero) is 1. The summed E-state index contributed by atoms with van der Waals surface area (Å²) in [6.45, 7) is 5.74. The van der Waals surface area contributed by atoms with E-state index in [1.807, 2.05) is 75.4 Å². The average Bonchev–Trinajstić information content (AvgIpc) is 3.10. The maximum absolute atomic E-state index is 12.9. The molecule has 31 heavy (non-hydrogen) atoms. The number of ketones is 1. The van der Waals surface area contributed by atoms with Crippen molar-refractivity contribution in [3.05, 3.63) is 83.1 Å². The van der Waals surface area contributed by atoms with Crippen molar-refractivity contribution < 1.29 is 19.1 Å². The molecule has 1 saturated heterocycles. The van der Waals surface area contributed by atoms with Gasteiger partial charge in [0, 0.05) is 23.5 Å². The topological polar surface area (TPSA) is 65.0 Å². The highest BCUT2D eigenvalue weighted by Gasteiger charge is 2.55. The molecule has 1 aliphatic carbocycles. The van der Waals surface area contributed by atoms with E-state index in [1.54, 1.807) is 6.08 Å². The smallest absolute Gasteiger partial charge is 0.243 e. The number of ether oxygens (including phenoxy) is 2. The number of hydrogen-bond acceptors (Lipinski definition) is 6. The maximum Gasteiger partial charge on any atom is 0.243 e. The largest absolute Gasteiger partial charge is 0.343 e. The zero-order chi connectivity index (χ0) is 21.8. The molecule has 1 fully saturated rings. The first-order valence-electron chi connectivity index (χ1n) is 10.4. The van der Waals surface area contributed by atoms with E-state index >= 15 is 0 Å². The van der Waals surface area contributed by atoms with E-state index in [2.05, 4.69) is 4.99 Å². The van der Waals surface area contributed by atoms with Crippen LogP contribution in [0.3, 0.4) is 0 Å². The normalized spacial score (nSPS) is 30.7. The van der Waals surface area contributed by atoms with Crippen molar-refractivity contribution in [1.82, 2.24) is 0 Å². The van der Waals surface area contributed by atoms with Crippen LogP contribution in [0.15, 0.2) is 71.4 Å². The van der Waals surface area contributed by atoms with Gasteiger partial charge in [0.1, 0.15) is 16.3 Å². The van der Waals surface area contributed by atoms with Crippen LogP contribution in [0, 0.1) is 5.92 Å². The van der Waals surface area contributed by atoms with E-state index in [1.165, 1.54) is 0 Å². The first-order valence-corrected chi connectivity index (χ1v) is 11.2. The van der Waals surface area contributed by atoms with Gasteiger partial charge >= 0.3 is 0 Å². The lowest BCUT2D eigenvalue weighted by atomic mass is 9.68. The molecule has 5 rings (SSSR count). The Hall–Kier alpha value is -2.54. The van der Waals surface area contributed by atoms with Crippen molar-refractivity contribution in [3.8, 4) is 0 Å². The molecule has 0 bridgehead atoms. The van der Waals surface area contributed by atoms with Gasteiger partial charge in [0.05, 0.1) is 6.10 Å². The molecule has 2 aromatic rings. The number of rotatable bonds is 2. The molecule has 0 radical (unpaired) electrons. The number of thioether (sulfide) groups is 1. The van der Waals surface area contributed by atoms with Crippen molar-refractivity contribution in [3.63, 3.8) is 0 Å². The van der Waals surface area contributed by atoms with E-state index in [0.717, 1.165) is 22.9 Å². The Bertz CT molecular complexity index is 1140. The lowest BCUT2D eigenvalue weighted by Crippen LogP contribution is -2.57. The summed E-state index contributed by atoms with van der Waals surface area (Å²) in [5.74, 6) is -1.08. The van der Waals surface area contributed by atoms with Crippen LogP contribution in [0.2, 0.25) is 0 Å². The molecule has 2 aliphatic heterocycles. The van der Waals surface area contributed by atoms with Gasteiger partial charge in [-0.05, 0) is 44.2 Å². The number of carbonyl (C=O) groups excluding carboxylic acids is 2. The average molecular weight is 434 g/mol. The number of carbonyl (C=O) groups is 2. The Labute approximate surface area is 185 Å². The van der Waals surface area contributed by atoms with Crippen LogP contribution in [0.4, 0.5) is 0 Å². The fourth-order valence-corrected chi connectivity index (χ4v) is 5.59. The summed E-state index contributed by atoms with van der Waals surface area (Å²) >= 11 is 1.12. The number of benzene rings is 2. The molecule has 5 nitrogen and oxygen atoms in total. The SMILES string of the molecule is CC1(C)O[C@@H](/C=C2/N=C(c3ccccc3)SC2=O)[C@@H]2CC(=O)c3ccccc3[C@]2(C)O1. The van der Waals surface area contributed by atoms with E-state index in [4.69, 9.17) is 9.47 Å². The minimum absolute atomic E-state index is 0.0639. The van der Waals surface area contributed by atoms with E-state index in [0.29, 0.717) is 16.3 Å². The minimum Gasteiger partial charge on any atom is -0.343 e. The molecule has 0 unspecified atom stereocenters. The van der Waals surface area contributed by atoms with Crippen LogP contribution < -0.4 is 0 Å². The van der Waals surface area contributed by atoms with Gasteiger partial charge in [-0.2, -0.15) is 0 Å². The summed E-state index contributed by atoms with van der Waals surface area (Å²) in [6.07, 6.45) is 1.58. The second-order valence-electron chi connectivity index (χ2n) is 8.70. The first kappa shape index (κ1) is 20.4. The van der Waals surface area contributed by atoms with Gasteiger partial charge in [0.15, 0.2) is 11.6 Å². The Morgan fingerprint density at radius 1 is 1.03 bits per heavy atom. The number of nitrogens with zero attached hydrogens (tertiary/aromatic N) is 1. The standard InChI is InChI=1S/C25H23NO4S/c1-24(2)29-21(14-19-23(28)31-22(26-19)15-9-5-4-6-10-15)18-13-20(27)16-11-7-8-12-17(16)25(18,3)30-24/h4-12,14,18,21H,13H2,1-3H3/b19-14+/t18-,21-,25-/m0/s1. The Morgan fingerprint density at radius 2 is 1.74 bits per heavy atom. The van der Waals surface area contributed by atoms with Gasteiger partial charge in [-0.15, -0.1) is 0 Å². The molecule has 0 amide bonds. The highest BCUT2D eigenvalue weighted by Crippen LogP contribution is 2.51. The quantitative estimate of drug-likeness (QED) is 0.633. The molecule has 2 aromatic carbocycles. The predicted octanol–water partition coefficient (Wildman–Crippen LogP) is 4.86. The highest BCUT2D eigenvalue weighted by molar-refractivity contribution is 8.27. The summed E-state index contributed by atoms with van der Waals surface area (Å²) in [7, 11) is 0.